The molecule has 3 aromatic carbocycles. The number of rotatable bonds is 5. The highest BCUT2D eigenvalue weighted by molar-refractivity contribution is 6.37. The van der Waals surface area contributed by atoms with Crippen LogP contribution in [0.3, 0.4) is 0 Å². The summed E-state index contributed by atoms with van der Waals surface area (Å²) in [6.45, 7) is 3.32. The van der Waals surface area contributed by atoms with Gasteiger partial charge in [0.1, 0.15) is 0 Å². The molecule has 158 valence electrons. The molecule has 1 amide bonds. The van der Waals surface area contributed by atoms with Crippen LogP contribution in [-0.2, 0) is 11.3 Å². The monoisotopic (exact) mass is 420 g/mol. The summed E-state index contributed by atoms with van der Waals surface area (Å²) in [6.07, 6.45) is 2.57. The minimum Gasteiger partial charge on any atom is -0.354 e. The highest BCUT2D eigenvalue weighted by Gasteiger charge is 2.28. The minimum atomic E-state index is -0.174. The molecule has 0 aromatic heterocycles. The number of carbonyl (C=O) groups is 1. The average molecular weight is 421 g/mol. The third kappa shape index (κ3) is 4.01. The predicted octanol–water partition coefficient (Wildman–Crippen LogP) is 5.09. The van der Waals surface area contributed by atoms with Crippen molar-refractivity contribution in [2.24, 2.45) is 0 Å². The predicted molar refractivity (Wildman–Crippen MR) is 128 cm³/mol. The highest BCUT2D eigenvalue weighted by Crippen LogP contribution is 2.38. The fourth-order valence-electron chi connectivity index (χ4n) is 4.41. The molecule has 2 heterocycles. The van der Waals surface area contributed by atoms with Gasteiger partial charge in [-0.1, -0.05) is 48.5 Å². The maximum atomic E-state index is 13.0. The molecule has 2 aliphatic rings. The van der Waals surface area contributed by atoms with Gasteiger partial charge < -0.3 is 10.6 Å². The summed E-state index contributed by atoms with van der Waals surface area (Å²) in [4.78, 5) is 15.5. The fraction of sp³-hybridized carbons (Fsp3) is 0.185. The van der Waals surface area contributed by atoms with Crippen molar-refractivity contribution in [3.05, 3.63) is 95.1 Å². The van der Waals surface area contributed by atoms with E-state index in [1.54, 1.807) is 12.1 Å². The van der Waals surface area contributed by atoms with E-state index in [0.29, 0.717) is 16.8 Å². The lowest BCUT2D eigenvalue weighted by Crippen LogP contribution is -2.18. The Labute approximate surface area is 188 Å². The number of benzene rings is 3. The van der Waals surface area contributed by atoms with E-state index in [0.717, 1.165) is 29.1 Å². The molecular weight excluding hydrogens is 396 g/mol. The van der Waals surface area contributed by atoms with Crippen LogP contribution in [0.4, 0.5) is 11.4 Å². The summed E-state index contributed by atoms with van der Waals surface area (Å²) in [7, 11) is 0. The molecule has 0 bridgehead atoms. The number of hydrogen-bond acceptors (Lipinski definition) is 4. The molecule has 0 spiro atoms. The van der Waals surface area contributed by atoms with Gasteiger partial charge in [-0.05, 0) is 61.3 Å². The van der Waals surface area contributed by atoms with Crippen molar-refractivity contribution in [3.63, 3.8) is 0 Å². The second kappa shape index (κ2) is 8.70. The van der Waals surface area contributed by atoms with Crippen LogP contribution < -0.4 is 10.6 Å². The van der Waals surface area contributed by atoms with Crippen molar-refractivity contribution >= 4 is 28.6 Å². The van der Waals surface area contributed by atoms with E-state index in [-0.39, 0.29) is 5.91 Å². The summed E-state index contributed by atoms with van der Waals surface area (Å²) >= 11 is 0. The first-order valence-electron chi connectivity index (χ1n) is 11.0. The first kappa shape index (κ1) is 20.0. The van der Waals surface area contributed by atoms with E-state index in [1.807, 2.05) is 36.4 Å². The molecule has 32 heavy (non-hydrogen) atoms. The molecule has 2 N–H and O–H groups in total. The van der Waals surface area contributed by atoms with Gasteiger partial charge in [0, 0.05) is 17.8 Å². The number of nitrogens with zero attached hydrogens (tertiary/aromatic N) is 2. The molecule has 0 atom stereocenters. The number of nitrogens with one attached hydrogen (secondary N) is 2. The van der Waals surface area contributed by atoms with Crippen LogP contribution in [0.25, 0.3) is 11.3 Å². The number of likely N-dealkylation sites (tertiary alicyclic amines) is 1. The van der Waals surface area contributed by atoms with Gasteiger partial charge in [0.2, 0.25) is 0 Å². The van der Waals surface area contributed by atoms with Gasteiger partial charge in [-0.15, -0.1) is 0 Å². The number of amides is 1. The third-order valence-electron chi connectivity index (χ3n) is 6.03. The summed E-state index contributed by atoms with van der Waals surface area (Å²) in [5, 5.41) is 15.6. The van der Waals surface area contributed by atoms with Crippen molar-refractivity contribution in [1.29, 1.82) is 5.26 Å². The van der Waals surface area contributed by atoms with Crippen LogP contribution in [0.15, 0.2) is 72.8 Å². The number of carbonyl (C=O) groups excluding carboxylic acids is 1. The lowest BCUT2D eigenvalue weighted by atomic mass is 9.99. The normalized spacial score (nSPS) is 16.9. The molecule has 2 aliphatic heterocycles. The second-order valence-corrected chi connectivity index (χ2v) is 8.25. The van der Waals surface area contributed by atoms with Gasteiger partial charge in [-0.25, -0.2) is 0 Å². The van der Waals surface area contributed by atoms with Crippen LogP contribution in [0.2, 0.25) is 0 Å². The first-order valence-corrected chi connectivity index (χ1v) is 11.0. The quantitative estimate of drug-likeness (QED) is 0.565. The zero-order chi connectivity index (χ0) is 21.9. The van der Waals surface area contributed by atoms with Crippen LogP contribution >= 0.6 is 0 Å². The van der Waals surface area contributed by atoms with Crippen LogP contribution in [0.5, 0.6) is 0 Å². The van der Waals surface area contributed by atoms with Gasteiger partial charge in [0.15, 0.2) is 0 Å². The second-order valence-electron chi connectivity index (χ2n) is 8.25. The Morgan fingerprint density at radius 1 is 1.00 bits per heavy atom. The zero-order valence-corrected chi connectivity index (χ0v) is 17.8. The molecule has 1 saturated heterocycles. The summed E-state index contributed by atoms with van der Waals surface area (Å²) < 4.78 is 0. The van der Waals surface area contributed by atoms with E-state index in [9.17, 15) is 10.1 Å². The van der Waals surface area contributed by atoms with E-state index in [4.69, 9.17) is 0 Å². The van der Waals surface area contributed by atoms with E-state index >= 15 is 0 Å². The Hall–Kier alpha value is -3.88. The lowest BCUT2D eigenvalue weighted by Gasteiger charge is -2.17. The van der Waals surface area contributed by atoms with Gasteiger partial charge >= 0.3 is 0 Å². The largest absolute Gasteiger partial charge is 0.354 e. The van der Waals surface area contributed by atoms with E-state index < -0.39 is 0 Å². The Morgan fingerprint density at radius 2 is 1.75 bits per heavy atom. The Kier molecular flexibility index (Phi) is 5.45. The Balaban J connectivity index is 1.51. The topological polar surface area (TPSA) is 68.2 Å². The smallest absolute Gasteiger partial charge is 0.258 e. The van der Waals surface area contributed by atoms with Gasteiger partial charge in [0.25, 0.3) is 5.91 Å². The average Bonchev–Trinajstić information content (AvgIpc) is 3.45. The van der Waals surface area contributed by atoms with E-state index in [1.165, 1.54) is 31.5 Å². The fourth-order valence-corrected chi connectivity index (χ4v) is 4.41. The van der Waals surface area contributed by atoms with Crippen molar-refractivity contribution in [3.8, 4) is 6.07 Å². The van der Waals surface area contributed by atoms with Gasteiger partial charge in [0.05, 0.1) is 28.6 Å². The van der Waals surface area contributed by atoms with Gasteiger partial charge in [-0.3, -0.25) is 9.69 Å². The van der Waals surface area contributed by atoms with E-state index in [2.05, 4.69) is 45.9 Å². The number of hydrogen-bond donors (Lipinski definition) is 2. The van der Waals surface area contributed by atoms with Crippen LogP contribution in [-0.4, -0.2) is 23.9 Å². The standard InChI is InChI=1S/C27H24N4O/c28-17-20-10-13-23-24(16-20)30-27(32)25(23)26(21-6-2-1-3-7-21)29-22-11-8-19(9-12-22)18-31-14-4-5-15-31/h1-3,6-13,16,29H,4-5,14-15,18H2,(H,30,32)/b26-25-. The number of nitriles is 1. The molecule has 0 aliphatic carbocycles. The summed E-state index contributed by atoms with van der Waals surface area (Å²) in [5.74, 6) is -0.174. The van der Waals surface area contributed by atoms with Gasteiger partial charge in [-0.2, -0.15) is 5.26 Å². The molecular formula is C27H24N4O. The van der Waals surface area contributed by atoms with Crippen LogP contribution in [0.1, 0.15) is 35.1 Å². The third-order valence-corrected chi connectivity index (χ3v) is 6.03. The number of anilines is 2. The molecule has 5 nitrogen and oxygen atoms in total. The lowest BCUT2D eigenvalue weighted by molar-refractivity contribution is -0.110. The summed E-state index contributed by atoms with van der Waals surface area (Å²) in [6, 6.07) is 25.7. The summed E-state index contributed by atoms with van der Waals surface area (Å²) in [5.41, 5.74) is 6.46. The number of fused-ring (bicyclic) bond motifs is 1. The molecule has 5 rings (SSSR count). The Morgan fingerprint density at radius 3 is 2.47 bits per heavy atom. The Bertz CT molecular complexity index is 1220. The molecule has 0 unspecified atom stereocenters. The maximum absolute atomic E-state index is 13.0. The van der Waals surface area contributed by atoms with Crippen molar-refractivity contribution in [1.82, 2.24) is 4.90 Å². The maximum Gasteiger partial charge on any atom is 0.258 e. The zero-order valence-electron chi connectivity index (χ0n) is 17.8. The molecule has 1 fully saturated rings. The van der Waals surface area contributed by atoms with Crippen molar-refractivity contribution in [2.75, 3.05) is 23.7 Å². The first-order chi connectivity index (χ1) is 15.7. The van der Waals surface area contributed by atoms with Crippen LogP contribution in [0, 0.1) is 11.3 Å². The SMILES string of the molecule is N#Cc1ccc2c(c1)NC(=O)/C2=C(\Nc1ccc(CN2CCCC2)cc1)c1ccccc1. The molecule has 5 heteroatoms. The van der Waals surface area contributed by atoms with Crippen molar-refractivity contribution < 1.29 is 4.79 Å². The molecule has 3 aromatic rings. The minimum absolute atomic E-state index is 0.174. The molecule has 0 saturated carbocycles. The highest BCUT2D eigenvalue weighted by atomic mass is 16.2. The molecule has 0 radical (unpaired) electrons. The van der Waals surface area contributed by atoms with Crippen molar-refractivity contribution in [2.45, 2.75) is 19.4 Å².